The van der Waals surface area contributed by atoms with E-state index in [9.17, 15) is 8.42 Å². The molecule has 0 spiro atoms. The normalized spacial score (nSPS) is 32.9. The third-order valence-corrected chi connectivity index (χ3v) is 2.91. The molecular weight excluding hydrogens is 156 g/mol. The second-order valence-electron chi connectivity index (χ2n) is 2.09. The van der Waals surface area contributed by atoms with Crippen LogP contribution in [0.4, 0.5) is 0 Å². The number of hydrogen-bond donors (Lipinski definition) is 1. The molecule has 1 rings (SSSR count). The third kappa shape index (κ3) is 0.865. The van der Waals surface area contributed by atoms with E-state index in [-0.39, 0.29) is 6.42 Å². The van der Waals surface area contributed by atoms with E-state index >= 15 is 0 Å². The Labute approximate surface area is 59.2 Å². The van der Waals surface area contributed by atoms with E-state index in [1.165, 1.54) is 0 Å². The summed E-state index contributed by atoms with van der Waals surface area (Å²) in [6.07, 6.45) is 1.39. The van der Waals surface area contributed by atoms with Crippen LogP contribution in [0.25, 0.3) is 0 Å². The van der Waals surface area contributed by atoms with Gasteiger partial charge in [-0.1, -0.05) is 6.58 Å². The molecule has 0 aromatic carbocycles. The van der Waals surface area contributed by atoms with E-state index in [1.54, 1.807) is 0 Å². The van der Waals surface area contributed by atoms with E-state index in [4.69, 9.17) is 4.55 Å². The van der Waals surface area contributed by atoms with Crippen LogP contribution in [0.5, 0.6) is 0 Å². The van der Waals surface area contributed by atoms with Crippen molar-refractivity contribution in [2.45, 2.75) is 11.4 Å². The molecule has 1 unspecified atom stereocenters. The largest absolute Gasteiger partial charge is 0.353 e. The maximum absolute atomic E-state index is 10.5. The van der Waals surface area contributed by atoms with Crippen molar-refractivity contribution in [3.8, 4) is 0 Å². The van der Waals surface area contributed by atoms with Crippen molar-refractivity contribution < 1.29 is 17.7 Å². The van der Waals surface area contributed by atoms with Crippen molar-refractivity contribution in [1.82, 2.24) is 0 Å². The van der Waals surface area contributed by atoms with Crippen LogP contribution >= 0.6 is 0 Å². The molecule has 1 aliphatic rings. The predicted octanol–water partition coefficient (Wildman–Crippen LogP) is 0.177. The topological polar surface area (TPSA) is 63.6 Å². The lowest BCUT2D eigenvalue weighted by Gasteiger charge is -2.35. The Balaban J connectivity index is 2.96. The number of ether oxygens (including phenoxy) is 1. The zero-order chi connectivity index (χ0) is 7.83. The maximum Gasteiger partial charge on any atom is 0.299 e. The highest BCUT2D eigenvalue weighted by Crippen LogP contribution is 2.32. The van der Waals surface area contributed by atoms with Gasteiger partial charge >= 0.3 is 0 Å². The molecule has 1 N–H and O–H groups in total. The first-order chi connectivity index (χ1) is 4.52. The summed E-state index contributed by atoms with van der Waals surface area (Å²) in [5.41, 5.74) is 0. The van der Waals surface area contributed by atoms with E-state index < -0.39 is 15.1 Å². The molecule has 1 fully saturated rings. The van der Waals surface area contributed by atoms with Gasteiger partial charge in [0, 0.05) is 6.42 Å². The monoisotopic (exact) mass is 164 g/mol. The summed E-state index contributed by atoms with van der Waals surface area (Å²) in [5, 5.41) is 0. The Kier molecular flexibility index (Phi) is 1.58. The van der Waals surface area contributed by atoms with Gasteiger partial charge in [-0.05, 0) is 6.08 Å². The zero-order valence-electron chi connectivity index (χ0n) is 5.28. The van der Waals surface area contributed by atoms with Gasteiger partial charge in [0.1, 0.15) is 0 Å². The summed E-state index contributed by atoms with van der Waals surface area (Å²) in [6, 6.07) is 0. The van der Waals surface area contributed by atoms with Crippen LogP contribution in [-0.2, 0) is 14.9 Å². The molecule has 0 saturated carbocycles. The fourth-order valence-electron chi connectivity index (χ4n) is 0.773. The van der Waals surface area contributed by atoms with Gasteiger partial charge < -0.3 is 4.74 Å². The summed E-state index contributed by atoms with van der Waals surface area (Å²) < 4.78 is 34.3. The first-order valence-corrected chi connectivity index (χ1v) is 4.20. The van der Waals surface area contributed by atoms with Crippen LogP contribution in [0.1, 0.15) is 6.42 Å². The fourth-order valence-corrected chi connectivity index (χ4v) is 1.56. The average Bonchev–Trinajstić information content (AvgIpc) is 1.58. The molecule has 5 heteroatoms. The molecule has 0 radical (unpaired) electrons. The summed E-state index contributed by atoms with van der Waals surface area (Å²) in [6.45, 7) is 3.61. The molecule has 1 saturated heterocycles. The van der Waals surface area contributed by atoms with Gasteiger partial charge in [-0.15, -0.1) is 0 Å². The highest BCUT2D eigenvalue weighted by Gasteiger charge is 2.47. The summed E-state index contributed by atoms with van der Waals surface area (Å²) in [7, 11) is -4.12. The van der Waals surface area contributed by atoms with Crippen molar-refractivity contribution in [2.24, 2.45) is 0 Å². The quantitative estimate of drug-likeness (QED) is 0.467. The Hall–Kier alpha value is -0.390. The Morgan fingerprint density at radius 1 is 1.70 bits per heavy atom. The first kappa shape index (κ1) is 7.71. The second kappa shape index (κ2) is 2.05. The Morgan fingerprint density at radius 3 is 2.20 bits per heavy atom. The molecule has 0 aromatic heterocycles. The van der Waals surface area contributed by atoms with E-state index in [1.807, 2.05) is 0 Å². The fraction of sp³-hybridized carbons (Fsp3) is 0.600. The lowest BCUT2D eigenvalue weighted by Crippen LogP contribution is -2.48. The molecule has 1 heterocycles. The van der Waals surface area contributed by atoms with Crippen molar-refractivity contribution >= 4 is 10.1 Å². The molecule has 4 nitrogen and oxygen atoms in total. The van der Waals surface area contributed by atoms with Crippen LogP contribution in [0.3, 0.4) is 0 Å². The molecule has 0 bridgehead atoms. The van der Waals surface area contributed by atoms with Crippen LogP contribution < -0.4 is 0 Å². The Morgan fingerprint density at radius 2 is 2.20 bits per heavy atom. The second-order valence-corrected chi connectivity index (χ2v) is 3.73. The standard InChI is InChI=1S/C5H8O4S/c1-2-5(3-4-9-5)10(6,7)8/h2H,1,3-4H2,(H,6,7,8). The average molecular weight is 164 g/mol. The lowest BCUT2D eigenvalue weighted by molar-refractivity contribution is -0.0571. The highest BCUT2D eigenvalue weighted by molar-refractivity contribution is 7.87. The molecule has 58 valence electrons. The molecule has 10 heavy (non-hydrogen) atoms. The zero-order valence-corrected chi connectivity index (χ0v) is 6.10. The molecule has 1 atom stereocenters. The van der Waals surface area contributed by atoms with Crippen molar-refractivity contribution in [3.63, 3.8) is 0 Å². The number of rotatable bonds is 2. The van der Waals surface area contributed by atoms with Crippen LogP contribution in [0.15, 0.2) is 12.7 Å². The summed E-state index contributed by atoms with van der Waals surface area (Å²) in [5.74, 6) is 0. The van der Waals surface area contributed by atoms with Gasteiger partial charge in [0.2, 0.25) is 4.93 Å². The van der Waals surface area contributed by atoms with Gasteiger partial charge in [-0.2, -0.15) is 8.42 Å². The molecular formula is C5H8O4S. The van der Waals surface area contributed by atoms with Gasteiger partial charge in [0.05, 0.1) is 6.61 Å². The SMILES string of the molecule is C=CC1(S(=O)(=O)O)CCO1. The summed E-state index contributed by atoms with van der Waals surface area (Å²) >= 11 is 0. The minimum absolute atomic E-state index is 0.287. The van der Waals surface area contributed by atoms with Crippen LogP contribution in [-0.4, -0.2) is 24.5 Å². The number of hydrogen-bond acceptors (Lipinski definition) is 3. The third-order valence-electron chi connectivity index (χ3n) is 1.54. The van der Waals surface area contributed by atoms with Gasteiger partial charge in [0.15, 0.2) is 0 Å². The van der Waals surface area contributed by atoms with Crippen LogP contribution in [0.2, 0.25) is 0 Å². The summed E-state index contributed by atoms with van der Waals surface area (Å²) in [4.78, 5) is -1.51. The molecule has 0 aromatic rings. The van der Waals surface area contributed by atoms with Gasteiger partial charge in [-0.25, -0.2) is 0 Å². The Bertz CT molecular complexity index is 236. The van der Waals surface area contributed by atoms with Crippen molar-refractivity contribution in [2.75, 3.05) is 6.61 Å². The molecule has 1 aliphatic heterocycles. The van der Waals surface area contributed by atoms with E-state index in [2.05, 4.69) is 11.3 Å². The molecule has 0 aliphatic carbocycles. The maximum atomic E-state index is 10.5. The minimum atomic E-state index is -4.12. The van der Waals surface area contributed by atoms with Gasteiger partial charge in [0.25, 0.3) is 10.1 Å². The smallest absolute Gasteiger partial charge is 0.299 e. The molecule has 0 amide bonds. The minimum Gasteiger partial charge on any atom is -0.353 e. The highest BCUT2D eigenvalue weighted by atomic mass is 32.2. The van der Waals surface area contributed by atoms with Crippen molar-refractivity contribution in [1.29, 1.82) is 0 Å². The van der Waals surface area contributed by atoms with Gasteiger partial charge in [-0.3, -0.25) is 4.55 Å². The lowest BCUT2D eigenvalue weighted by atomic mass is 10.2. The van der Waals surface area contributed by atoms with E-state index in [0.717, 1.165) is 6.08 Å². The predicted molar refractivity (Wildman–Crippen MR) is 35.0 cm³/mol. The van der Waals surface area contributed by atoms with Crippen LogP contribution in [0, 0.1) is 0 Å². The van der Waals surface area contributed by atoms with Crippen molar-refractivity contribution in [3.05, 3.63) is 12.7 Å². The van der Waals surface area contributed by atoms with E-state index in [0.29, 0.717) is 6.61 Å². The first-order valence-electron chi connectivity index (χ1n) is 2.76.